The molecule has 0 radical (unpaired) electrons. The Morgan fingerprint density at radius 1 is 0.872 bits per heavy atom. The number of allylic oxidation sites excluding steroid dienone is 1. The third-order valence-electron chi connectivity index (χ3n) is 6.27. The topological polar surface area (TPSA) is 100 Å². The number of nitro groups is 1. The van der Waals surface area contributed by atoms with Gasteiger partial charge in [0.1, 0.15) is 5.56 Å². The second-order valence-electron chi connectivity index (χ2n) is 8.88. The van der Waals surface area contributed by atoms with Crippen molar-refractivity contribution in [1.29, 1.82) is 0 Å². The number of nitrogens with zero attached hydrogens (tertiary/aromatic N) is 4. The fourth-order valence-electron chi connectivity index (χ4n) is 4.33. The van der Waals surface area contributed by atoms with E-state index in [9.17, 15) is 14.9 Å². The molecule has 1 unspecified atom stereocenters. The summed E-state index contributed by atoms with van der Waals surface area (Å²) < 4.78 is 0. The summed E-state index contributed by atoms with van der Waals surface area (Å²) in [7, 11) is 0. The first-order valence-corrected chi connectivity index (χ1v) is 12.4. The molecule has 8 nitrogen and oxygen atoms in total. The van der Waals surface area contributed by atoms with Crippen molar-refractivity contribution in [2.24, 2.45) is 10.2 Å². The minimum absolute atomic E-state index is 0.0500. The lowest BCUT2D eigenvalue weighted by Gasteiger charge is -2.24. The number of carbonyl (C=O) groups is 1. The summed E-state index contributed by atoms with van der Waals surface area (Å²) in [6.07, 6.45) is 6.40. The highest BCUT2D eigenvalue weighted by molar-refractivity contribution is 6.01. The van der Waals surface area contributed by atoms with E-state index in [1.807, 2.05) is 65.7 Å². The molecule has 1 aliphatic heterocycles. The van der Waals surface area contributed by atoms with Crippen molar-refractivity contribution in [2.45, 2.75) is 12.5 Å². The second kappa shape index (κ2) is 11.8. The zero-order valence-electron chi connectivity index (χ0n) is 20.9. The Bertz CT molecular complexity index is 1550. The van der Waals surface area contributed by atoms with Crippen LogP contribution in [0.1, 0.15) is 39.5 Å². The third-order valence-corrected chi connectivity index (χ3v) is 6.27. The zero-order valence-corrected chi connectivity index (χ0v) is 20.9. The van der Waals surface area contributed by atoms with E-state index in [4.69, 9.17) is 5.10 Å². The number of nitro benzene ring substituents is 1. The van der Waals surface area contributed by atoms with Crippen LogP contribution in [-0.4, -0.2) is 22.8 Å². The largest absolute Gasteiger partial charge is 0.282 e. The molecule has 0 bridgehead atoms. The molecule has 1 heterocycles. The highest BCUT2D eigenvalue weighted by atomic mass is 16.6. The van der Waals surface area contributed by atoms with Gasteiger partial charge in [-0.1, -0.05) is 91.0 Å². The molecule has 4 aromatic carbocycles. The number of hydrogen-bond donors (Lipinski definition) is 1. The summed E-state index contributed by atoms with van der Waals surface area (Å²) in [5, 5.41) is 22.1. The van der Waals surface area contributed by atoms with E-state index in [0.717, 1.165) is 28.9 Å². The molecule has 0 fully saturated rings. The van der Waals surface area contributed by atoms with Crippen LogP contribution < -0.4 is 10.4 Å². The van der Waals surface area contributed by atoms with Crippen molar-refractivity contribution in [3.8, 4) is 0 Å². The van der Waals surface area contributed by atoms with E-state index in [1.165, 1.54) is 30.0 Å². The summed E-state index contributed by atoms with van der Waals surface area (Å²) in [6, 6.07) is 33.9. The average Bonchev–Trinajstić information content (AvgIpc) is 3.42. The van der Waals surface area contributed by atoms with Crippen LogP contribution in [0.15, 0.2) is 125 Å². The van der Waals surface area contributed by atoms with Crippen LogP contribution in [0.2, 0.25) is 0 Å². The van der Waals surface area contributed by atoms with Gasteiger partial charge in [0, 0.05) is 12.5 Å². The van der Waals surface area contributed by atoms with E-state index in [0.29, 0.717) is 0 Å². The quantitative estimate of drug-likeness (QED) is 0.167. The van der Waals surface area contributed by atoms with Crippen molar-refractivity contribution in [2.75, 3.05) is 5.01 Å². The van der Waals surface area contributed by atoms with Gasteiger partial charge in [-0.25, -0.2) is 5.43 Å². The first-order valence-electron chi connectivity index (χ1n) is 12.4. The van der Waals surface area contributed by atoms with Crippen molar-refractivity contribution in [3.63, 3.8) is 0 Å². The van der Waals surface area contributed by atoms with Gasteiger partial charge in [-0.15, -0.1) is 0 Å². The van der Waals surface area contributed by atoms with Crippen LogP contribution in [0.3, 0.4) is 0 Å². The fourth-order valence-corrected chi connectivity index (χ4v) is 4.33. The molecule has 1 amide bonds. The average molecular weight is 516 g/mol. The molecule has 4 aromatic rings. The molecule has 1 N–H and O–H groups in total. The molecule has 0 spiro atoms. The van der Waals surface area contributed by atoms with Crippen LogP contribution in [0.25, 0.3) is 6.08 Å². The molecule has 192 valence electrons. The lowest BCUT2D eigenvalue weighted by Crippen LogP contribution is -2.19. The lowest BCUT2D eigenvalue weighted by molar-refractivity contribution is -0.385. The maximum atomic E-state index is 12.4. The molecule has 5 rings (SSSR count). The number of amides is 1. The molecule has 8 heteroatoms. The highest BCUT2D eigenvalue weighted by Gasteiger charge is 2.28. The molecule has 1 aliphatic rings. The summed E-state index contributed by atoms with van der Waals surface area (Å²) in [4.78, 5) is 23.0. The van der Waals surface area contributed by atoms with Gasteiger partial charge < -0.3 is 0 Å². The van der Waals surface area contributed by atoms with Crippen molar-refractivity contribution in [1.82, 2.24) is 5.43 Å². The van der Waals surface area contributed by atoms with Crippen LogP contribution in [-0.2, 0) is 0 Å². The van der Waals surface area contributed by atoms with Crippen LogP contribution in [0.4, 0.5) is 11.4 Å². The predicted octanol–water partition coefficient (Wildman–Crippen LogP) is 6.38. The van der Waals surface area contributed by atoms with Crippen molar-refractivity contribution >= 4 is 35.3 Å². The molecule has 1 atom stereocenters. The number of anilines is 1. The van der Waals surface area contributed by atoms with E-state index in [-0.39, 0.29) is 17.3 Å². The normalized spacial score (nSPS) is 15.0. The first kappa shape index (κ1) is 25.3. The number of hydrogen-bond acceptors (Lipinski definition) is 6. The minimum atomic E-state index is -0.650. The Morgan fingerprint density at radius 2 is 1.54 bits per heavy atom. The Labute approximate surface area is 225 Å². The van der Waals surface area contributed by atoms with Gasteiger partial charge in [-0.2, -0.15) is 10.2 Å². The molecular weight excluding hydrogens is 490 g/mol. The van der Waals surface area contributed by atoms with Crippen LogP contribution in [0.5, 0.6) is 0 Å². The fraction of sp³-hybridized carbons (Fsp3) is 0.0645. The maximum Gasteiger partial charge on any atom is 0.282 e. The summed E-state index contributed by atoms with van der Waals surface area (Å²) >= 11 is 0. The number of rotatable bonds is 8. The number of hydrazone groups is 2. The van der Waals surface area contributed by atoms with E-state index < -0.39 is 10.8 Å². The Morgan fingerprint density at radius 3 is 2.26 bits per heavy atom. The Hall–Kier alpha value is -5.37. The third kappa shape index (κ3) is 6.14. The summed E-state index contributed by atoms with van der Waals surface area (Å²) in [5.41, 5.74) is 6.99. The van der Waals surface area contributed by atoms with Crippen LogP contribution in [0, 0.1) is 10.1 Å². The van der Waals surface area contributed by atoms with Gasteiger partial charge in [0.15, 0.2) is 0 Å². The summed E-state index contributed by atoms with van der Waals surface area (Å²) in [6.45, 7) is 0. The van der Waals surface area contributed by atoms with E-state index in [2.05, 4.69) is 46.9 Å². The van der Waals surface area contributed by atoms with Crippen molar-refractivity contribution in [3.05, 3.63) is 148 Å². The molecule has 39 heavy (non-hydrogen) atoms. The number of nitrogens with one attached hydrogen (secondary N) is 1. The SMILES string of the molecule is O=C(N/N=C/c1ccc(N2N=C(/C=C/c3ccccc3)CC2c2ccccc2)cc1)c1ccccc1[N+](=O)[O-]. The second-order valence-corrected chi connectivity index (χ2v) is 8.88. The Balaban J connectivity index is 1.31. The van der Waals surface area contributed by atoms with E-state index in [1.54, 1.807) is 6.07 Å². The maximum absolute atomic E-state index is 12.4. The molecule has 0 saturated heterocycles. The Kier molecular flexibility index (Phi) is 7.64. The van der Waals surface area contributed by atoms with Gasteiger partial charge in [0.05, 0.1) is 28.6 Å². The van der Waals surface area contributed by atoms with Gasteiger partial charge in [-0.05, 0) is 41.0 Å². The smallest absolute Gasteiger partial charge is 0.267 e. The minimum Gasteiger partial charge on any atom is -0.267 e. The molecule has 0 aromatic heterocycles. The standard InChI is InChI=1S/C31H25N5O3/c37-31(28-13-7-8-14-29(28)36(38)39)33-32-22-24-16-19-27(20-17-24)35-30(25-11-5-2-6-12-25)21-26(34-35)18-15-23-9-3-1-4-10-23/h1-20,22,30H,21H2,(H,33,37)/b18-15+,32-22+. The van der Waals surface area contributed by atoms with Gasteiger partial charge >= 0.3 is 0 Å². The number of para-hydroxylation sites is 1. The lowest BCUT2D eigenvalue weighted by atomic mass is 10.0. The zero-order chi connectivity index (χ0) is 27.0. The van der Waals surface area contributed by atoms with Gasteiger partial charge in [0.2, 0.25) is 0 Å². The number of benzene rings is 4. The molecular formula is C31H25N5O3. The number of carbonyl (C=O) groups excluding carboxylic acids is 1. The van der Waals surface area contributed by atoms with E-state index >= 15 is 0 Å². The van der Waals surface area contributed by atoms with Gasteiger partial charge in [-0.3, -0.25) is 19.9 Å². The van der Waals surface area contributed by atoms with Crippen molar-refractivity contribution < 1.29 is 9.72 Å². The molecule has 0 aliphatic carbocycles. The molecule has 0 saturated carbocycles. The van der Waals surface area contributed by atoms with Crippen LogP contribution >= 0.6 is 0 Å². The predicted molar refractivity (Wildman–Crippen MR) is 154 cm³/mol. The van der Waals surface area contributed by atoms with Gasteiger partial charge in [0.25, 0.3) is 11.6 Å². The highest BCUT2D eigenvalue weighted by Crippen LogP contribution is 2.35. The first-order chi connectivity index (χ1) is 19.1. The monoisotopic (exact) mass is 515 g/mol. The summed E-state index contributed by atoms with van der Waals surface area (Å²) in [5.74, 6) is -0.650.